The van der Waals surface area contributed by atoms with Gasteiger partial charge in [-0.15, -0.1) is 0 Å². The van der Waals surface area contributed by atoms with Gasteiger partial charge >= 0.3 is 0 Å². The van der Waals surface area contributed by atoms with E-state index in [1.54, 1.807) is 69.3 Å². The van der Waals surface area contributed by atoms with Crippen molar-refractivity contribution in [2.75, 3.05) is 11.5 Å². The first kappa shape index (κ1) is 20.9. The summed E-state index contributed by atoms with van der Waals surface area (Å²) < 4.78 is 5.50. The number of hydrogen-bond donors (Lipinski definition) is 1. The normalized spacial score (nSPS) is 17.1. The Bertz CT molecular complexity index is 973. The Morgan fingerprint density at radius 3 is 2.38 bits per heavy atom. The number of anilines is 1. The largest absolute Gasteiger partial charge is 0.503 e. The van der Waals surface area contributed by atoms with E-state index in [2.05, 4.69) is 0 Å². The molecule has 2 aromatic carbocycles. The van der Waals surface area contributed by atoms with Crippen LogP contribution in [0.5, 0.6) is 5.75 Å². The average molecular weight is 414 g/mol. The summed E-state index contributed by atoms with van der Waals surface area (Å²) in [4.78, 5) is 27.6. The molecule has 6 heteroatoms. The summed E-state index contributed by atoms with van der Waals surface area (Å²) in [5.41, 5.74) is 0.520. The summed E-state index contributed by atoms with van der Waals surface area (Å²) in [6.07, 6.45) is 0. The van der Waals surface area contributed by atoms with Crippen LogP contribution in [0.25, 0.3) is 0 Å². The molecule has 1 amide bonds. The van der Waals surface area contributed by atoms with E-state index in [0.29, 0.717) is 28.6 Å². The molecular weight excluding hydrogens is 390 g/mol. The molecule has 5 nitrogen and oxygen atoms in total. The molecule has 29 heavy (non-hydrogen) atoms. The van der Waals surface area contributed by atoms with Crippen LogP contribution in [-0.4, -0.2) is 23.4 Å². The van der Waals surface area contributed by atoms with Gasteiger partial charge in [0.15, 0.2) is 11.5 Å². The lowest BCUT2D eigenvalue weighted by Crippen LogP contribution is -2.32. The number of amides is 1. The number of aliphatic hydroxyl groups excluding tert-OH is 1. The van der Waals surface area contributed by atoms with Crippen LogP contribution in [0.3, 0.4) is 0 Å². The molecule has 3 rings (SSSR count). The number of hydrogen-bond acceptors (Lipinski definition) is 4. The topological polar surface area (TPSA) is 66.8 Å². The molecule has 0 bridgehead atoms. The molecule has 1 aliphatic heterocycles. The number of carbonyl (C=O) groups excluding carboxylic acids is 2. The van der Waals surface area contributed by atoms with E-state index in [1.165, 1.54) is 4.90 Å². The van der Waals surface area contributed by atoms with E-state index in [-0.39, 0.29) is 11.4 Å². The predicted molar refractivity (Wildman–Crippen MR) is 113 cm³/mol. The second-order valence-electron chi connectivity index (χ2n) is 7.90. The fraction of sp³-hybridized carbons (Fsp3) is 0.304. The zero-order valence-electron chi connectivity index (χ0n) is 16.9. The zero-order chi connectivity index (χ0) is 21.3. The Hall–Kier alpha value is -2.79. The van der Waals surface area contributed by atoms with Gasteiger partial charge in [-0.25, -0.2) is 0 Å². The minimum Gasteiger partial charge on any atom is -0.503 e. The Morgan fingerprint density at radius 2 is 1.83 bits per heavy atom. The molecule has 0 spiro atoms. The summed E-state index contributed by atoms with van der Waals surface area (Å²) in [5.74, 6) is -0.749. The summed E-state index contributed by atoms with van der Waals surface area (Å²) in [6.45, 7) is 7.71. The van der Waals surface area contributed by atoms with Crippen LogP contribution in [0.1, 0.15) is 39.3 Å². The number of carbonyl (C=O) groups is 2. The van der Waals surface area contributed by atoms with Crippen LogP contribution in [-0.2, 0) is 9.59 Å². The van der Waals surface area contributed by atoms with Gasteiger partial charge in [-0.2, -0.15) is 0 Å². The number of aliphatic hydroxyl groups is 1. The molecule has 0 saturated carbocycles. The molecule has 1 unspecified atom stereocenters. The standard InChI is InChI=1S/C23H24ClNO4/c1-5-29-17-11-9-14(10-12-17)19-18(21(27)23(2,3)4)20(26)22(28)25(19)16-8-6-7-15(24)13-16/h6-13,19,26H,5H2,1-4H3. The third-order valence-corrected chi connectivity index (χ3v) is 4.96. The fourth-order valence-electron chi connectivity index (χ4n) is 3.36. The maximum absolute atomic E-state index is 13.2. The Morgan fingerprint density at radius 1 is 1.17 bits per heavy atom. The summed E-state index contributed by atoms with van der Waals surface area (Å²) >= 11 is 6.13. The average Bonchev–Trinajstić information content (AvgIpc) is 2.92. The lowest BCUT2D eigenvalue weighted by Gasteiger charge is -2.29. The highest BCUT2D eigenvalue weighted by atomic mass is 35.5. The number of rotatable bonds is 5. The number of Topliss-reactive ketones (excluding diaryl/α,β-unsaturated/α-hetero) is 1. The van der Waals surface area contributed by atoms with Gasteiger partial charge in [0.05, 0.1) is 18.2 Å². The molecular formula is C23H24ClNO4. The molecule has 2 aromatic rings. The predicted octanol–water partition coefficient (Wildman–Crippen LogP) is 5.25. The summed E-state index contributed by atoms with van der Waals surface area (Å²) in [7, 11) is 0. The van der Waals surface area contributed by atoms with Crippen molar-refractivity contribution in [1.29, 1.82) is 0 Å². The smallest absolute Gasteiger partial charge is 0.294 e. The Labute approximate surface area is 175 Å². The van der Waals surface area contributed by atoms with Gasteiger partial charge in [0, 0.05) is 16.1 Å². The number of nitrogens with zero attached hydrogens (tertiary/aromatic N) is 1. The first-order chi connectivity index (χ1) is 13.6. The first-order valence-corrected chi connectivity index (χ1v) is 9.82. The quantitative estimate of drug-likeness (QED) is 0.726. The van der Waals surface area contributed by atoms with Gasteiger partial charge < -0.3 is 9.84 Å². The second-order valence-corrected chi connectivity index (χ2v) is 8.34. The van der Waals surface area contributed by atoms with Crippen LogP contribution < -0.4 is 9.64 Å². The minimum atomic E-state index is -0.766. The van der Waals surface area contributed by atoms with E-state index in [0.717, 1.165) is 0 Å². The van der Waals surface area contributed by atoms with E-state index >= 15 is 0 Å². The van der Waals surface area contributed by atoms with Gasteiger partial charge in [-0.05, 0) is 42.8 Å². The van der Waals surface area contributed by atoms with Gasteiger partial charge in [0.25, 0.3) is 5.91 Å². The van der Waals surface area contributed by atoms with E-state index in [9.17, 15) is 14.7 Å². The lowest BCUT2D eigenvalue weighted by molar-refractivity contribution is -0.123. The highest BCUT2D eigenvalue weighted by Crippen LogP contribution is 2.43. The number of halogens is 1. The van der Waals surface area contributed by atoms with Crippen molar-refractivity contribution in [3.8, 4) is 5.75 Å². The van der Waals surface area contributed by atoms with Crippen molar-refractivity contribution in [3.05, 3.63) is 70.4 Å². The maximum atomic E-state index is 13.2. The molecule has 0 aromatic heterocycles. The molecule has 0 saturated heterocycles. The molecule has 0 fully saturated rings. The summed E-state index contributed by atoms with van der Waals surface area (Å²) in [5, 5.41) is 11.1. The number of ketones is 1. The molecule has 0 aliphatic carbocycles. The van der Waals surface area contributed by atoms with Crippen molar-refractivity contribution >= 4 is 29.0 Å². The van der Waals surface area contributed by atoms with Gasteiger partial charge in [0.2, 0.25) is 0 Å². The van der Waals surface area contributed by atoms with Crippen molar-refractivity contribution < 1.29 is 19.4 Å². The first-order valence-electron chi connectivity index (χ1n) is 9.45. The third kappa shape index (κ3) is 4.01. The highest BCUT2D eigenvalue weighted by Gasteiger charge is 2.46. The fourth-order valence-corrected chi connectivity index (χ4v) is 3.55. The van der Waals surface area contributed by atoms with Crippen LogP contribution >= 0.6 is 11.6 Å². The SMILES string of the molecule is CCOc1ccc(C2C(C(=O)C(C)(C)C)=C(O)C(=O)N2c2cccc(Cl)c2)cc1. The molecule has 152 valence electrons. The van der Waals surface area contributed by atoms with E-state index < -0.39 is 23.1 Å². The lowest BCUT2D eigenvalue weighted by atomic mass is 9.82. The minimum absolute atomic E-state index is 0.0895. The highest BCUT2D eigenvalue weighted by molar-refractivity contribution is 6.31. The maximum Gasteiger partial charge on any atom is 0.294 e. The molecule has 0 radical (unpaired) electrons. The van der Waals surface area contributed by atoms with Crippen LogP contribution in [0.4, 0.5) is 5.69 Å². The van der Waals surface area contributed by atoms with Crippen LogP contribution in [0, 0.1) is 5.41 Å². The van der Waals surface area contributed by atoms with Gasteiger partial charge in [-0.1, -0.05) is 50.6 Å². The van der Waals surface area contributed by atoms with Crippen LogP contribution in [0.15, 0.2) is 59.9 Å². The van der Waals surface area contributed by atoms with Gasteiger partial charge in [0.1, 0.15) is 5.75 Å². The van der Waals surface area contributed by atoms with Crippen molar-refractivity contribution in [2.24, 2.45) is 5.41 Å². The number of ether oxygens (including phenoxy) is 1. The molecule has 1 atom stereocenters. The Kier molecular flexibility index (Phi) is 5.71. The molecule has 1 aliphatic rings. The monoisotopic (exact) mass is 413 g/mol. The van der Waals surface area contributed by atoms with Crippen LogP contribution in [0.2, 0.25) is 5.02 Å². The number of benzene rings is 2. The Balaban J connectivity index is 2.16. The second kappa shape index (κ2) is 7.91. The van der Waals surface area contributed by atoms with Crippen molar-refractivity contribution in [2.45, 2.75) is 33.7 Å². The zero-order valence-corrected chi connectivity index (χ0v) is 17.7. The van der Waals surface area contributed by atoms with Crippen molar-refractivity contribution in [1.82, 2.24) is 0 Å². The van der Waals surface area contributed by atoms with Crippen molar-refractivity contribution in [3.63, 3.8) is 0 Å². The van der Waals surface area contributed by atoms with E-state index in [4.69, 9.17) is 16.3 Å². The molecule has 1 heterocycles. The third-order valence-electron chi connectivity index (χ3n) is 4.73. The van der Waals surface area contributed by atoms with Gasteiger partial charge in [-0.3, -0.25) is 14.5 Å². The molecule has 1 N–H and O–H groups in total. The van der Waals surface area contributed by atoms with E-state index in [1.807, 2.05) is 6.92 Å². The summed E-state index contributed by atoms with van der Waals surface area (Å²) in [6, 6.07) is 13.2.